The first-order valence-electron chi connectivity index (χ1n) is 8.16. The average molecular weight is 367 g/mol. The van der Waals surface area contributed by atoms with Crippen molar-refractivity contribution < 1.29 is 4.79 Å². The van der Waals surface area contributed by atoms with Crippen molar-refractivity contribution in [2.45, 2.75) is 20.8 Å². The van der Waals surface area contributed by atoms with Gasteiger partial charge in [0, 0.05) is 28.8 Å². The van der Waals surface area contributed by atoms with Gasteiger partial charge in [-0.05, 0) is 50.1 Å². The van der Waals surface area contributed by atoms with Gasteiger partial charge in [-0.15, -0.1) is 0 Å². The fraction of sp³-hybridized carbons (Fsp3) is 0.150. The largest absolute Gasteiger partial charge is 0.324 e. The van der Waals surface area contributed by atoms with Crippen LogP contribution < -0.4 is 10.6 Å². The van der Waals surface area contributed by atoms with Crippen molar-refractivity contribution in [2.75, 3.05) is 10.6 Å². The molecule has 3 rings (SSSR count). The van der Waals surface area contributed by atoms with Gasteiger partial charge in [-0.3, -0.25) is 4.79 Å². The van der Waals surface area contributed by atoms with Crippen molar-refractivity contribution in [1.82, 2.24) is 9.97 Å². The number of halogens is 1. The minimum absolute atomic E-state index is 0.241. The van der Waals surface area contributed by atoms with Crippen LogP contribution in [0.25, 0.3) is 0 Å². The summed E-state index contributed by atoms with van der Waals surface area (Å²) in [6.45, 7) is 5.99. The van der Waals surface area contributed by atoms with E-state index in [0.29, 0.717) is 16.5 Å². The van der Waals surface area contributed by atoms with Crippen LogP contribution in [-0.2, 0) is 0 Å². The van der Waals surface area contributed by atoms with Crippen LogP contribution in [0.1, 0.15) is 27.0 Å². The number of aryl methyl sites for hydroxylation is 3. The highest BCUT2D eigenvalue weighted by atomic mass is 35.5. The maximum atomic E-state index is 12.5. The van der Waals surface area contributed by atoms with Crippen LogP contribution in [0.5, 0.6) is 0 Å². The molecule has 0 radical (unpaired) electrons. The van der Waals surface area contributed by atoms with Crippen molar-refractivity contribution in [2.24, 2.45) is 0 Å². The van der Waals surface area contributed by atoms with Crippen molar-refractivity contribution >= 4 is 34.8 Å². The number of carbonyl (C=O) groups excluding carboxylic acids is 1. The van der Waals surface area contributed by atoms with Crippen molar-refractivity contribution in [3.05, 3.63) is 76.1 Å². The molecule has 2 aromatic carbocycles. The number of nitrogens with one attached hydrogen (secondary N) is 2. The molecule has 0 atom stereocenters. The molecule has 26 heavy (non-hydrogen) atoms. The first kappa shape index (κ1) is 17.9. The first-order valence-corrected chi connectivity index (χ1v) is 8.54. The molecule has 0 aliphatic rings. The Kier molecular flexibility index (Phi) is 5.19. The van der Waals surface area contributed by atoms with Crippen LogP contribution in [0.15, 0.2) is 48.8 Å². The fourth-order valence-corrected chi connectivity index (χ4v) is 2.96. The summed E-state index contributed by atoms with van der Waals surface area (Å²) in [5, 5.41) is 6.61. The minimum atomic E-state index is -0.241. The normalized spacial score (nSPS) is 10.5. The predicted octanol–water partition coefficient (Wildman–Crippen LogP) is 5.05. The van der Waals surface area contributed by atoms with E-state index in [9.17, 15) is 4.79 Å². The Balaban J connectivity index is 1.73. The molecule has 3 aromatic rings. The van der Waals surface area contributed by atoms with Gasteiger partial charge in [0.1, 0.15) is 0 Å². The number of carbonyl (C=O) groups is 1. The van der Waals surface area contributed by atoms with Gasteiger partial charge in [-0.25, -0.2) is 9.97 Å². The number of aromatic nitrogens is 2. The van der Waals surface area contributed by atoms with Gasteiger partial charge in [-0.2, -0.15) is 0 Å². The second-order valence-corrected chi connectivity index (χ2v) is 6.59. The molecule has 1 heterocycles. The Morgan fingerprint density at radius 1 is 1.00 bits per heavy atom. The highest BCUT2D eigenvalue weighted by Gasteiger charge is 2.11. The zero-order valence-corrected chi connectivity index (χ0v) is 15.6. The third-order valence-electron chi connectivity index (χ3n) is 3.91. The Bertz CT molecular complexity index is 931. The molecule has 132 valence electrons. The zero-order chi connectivity index (χ0) is 18.7. The first-order chi connectivity index (χ1) is 12.4. The fourth-order valence-electron chi connectivity index (χ4n) is 2.77. The molecule has 0 aliphatic carbocycles. The van der Waals surface area contributed by atoms with Crippen LogP contribution in [0.2, 0.25) is 5.02 Å². The van der Waals surface area contributed by atoms with Gasteiger partial charge >= 0.3 is 0 Å². The SMILES string of the molecule is Cc1cc(C)c(NC(=O)c2cnc(Nc3cccc(Cl)c3)nc2)c(C)c1. The van der Waals surface area contributed by atoms with E-state index in [-0.39, 0.29) is 5.91 Å². The molecular weight excluding hydrogens is 348 g/mol. The summed E-state index contributed by atoms with van der Waals surface area (Å²) < 4.78 is 0. The number of hydrogen-bond donors (Lipinski definition) is 2. The number of hydrogen-bond acceptors (Lipinski definition) is 4. The Morgan fingerprint density at radius 3 is 2.27 bits per heavy atom. The molecule has 6 heteroatoms. The third kappa shape index (κ3) is 4.18. The number of anilines is 3. The Morgan fingerprint density at radius 2 is 1.65 bits per heavy atom. The minimum Gasteiger partial charge on any atom is -0.324 e. The summed E-state index contributed by atoms with van der Waals surface area (Å²) in [5.41, 5.74) is 5.20. The molecule has 0 bridgehead atoms. The van der Waals surface area contributed by atoms with E-state index in [4.69, 9.17) is 11.6 Å². The van der Waals surface area contributed by atoms with Crippen molar-refractivity contribution in [1.29, 1.82) is 0 Å². The van der Waals surface area contributed by atoms with Crippen LogP contribution in [0.4, 0.5) is 17.3 Å². The van der Waals surface area contributed by atoms with Gasteiger partial charge in [0.2, 0.25) is 5.95 Å². The lowest BCUT2D eigenvalue weighted by atomic mass is 10.0. The second kappa shape index (κ2) is 7.54. The van der Waals surface area contributed by atoms with Gasteiger partial charge in [0.15, 0.2) is 0 Å². The van der Waals surface area contributed by atoms with E-state index in [0.717, 1.165) is 28.1 Å². The molecule has 0 saturated heterocycles. The Labute approximate surface area is 157 Å². The van der Waals surface area contributed by atoms with E-state index in [1.165, 1.54) is 12.4 Å². The summed E-state index contributed by atoms with van der Waals surface area (Å²) in [4.78, 5) is 20.9. The molecule has 1 amide bonds. The van der Waals surface area contributed by atoms with Crippen LogP contribution in [-0.4, -0.2) is 15.9 Å². The highest BCUT2D eigenvalue weighted by molar-refractivity contribution is 6.30. The molecule has 0 aliphatic heterocycles. The smallest absolute Gasteiger partial charge is 0.258 e. The lowest BCUT2D eigenvalue weighted by molar-refractivity contribution is 0.102. The molecule has 1 aromatic heterocycles. The van der Waals surface area contributed by atoms with E-state index in [2.05, 4.69) is 20.6 Å². The van der Waals surface area contributed by atoms with Gasteiger partial charge in [-0.1, -0.05) is 35.4 Å². The monoisotopic (exact) mass is 366 g/mol. The third-order valence-corrected chi connectivity index (χ3v) is 4.15. The topological polar surface area (TPSA) is 66.9 Å². The second-order valence-electron chi connectivity index (χ2n) is 6.16. The molecule has 0 fully saturated rings. The molecule has 0 spiro atoms. The highest BCUT2D eigenvalue weighted by Crippen LogP contribution is 2.23. The summed E-state index contributed by atoms with van der Waals surface area (Å²) in [7, 11) is 0. The summed E-state index contributed by atoms with van der Waals surface area (Å²) in [6.07, 6.45) is 2.99. The van der Waals surface area contributed by atoms with E-state index < -0.39 is 0 Å². The zero-order valence-electron chi connectivity index (χ0n) is 14.8. The summed E-state index contributed by atoms with van der Waals surface area (Å²) >= 11 is 5.96. The lowest BCUT2D eigenvalue weighted by Crippen LogP contribution is -2.15. The molecule has 0 unspecified atom stereocenters. The van der Waals surface area contributed by atoms with E-state index >= 15 is 0 Å². The Hall–Kier alpha value is -2.92. The standard InChI is InChI=1S/C20H19ClN4O/c1-12-7-13(2)18(14(3)8-12)25-19(26)15-10-22-20(23-11-15)24-17-6-4-5-16(21)9-17/h4-11H,1-3H3,(H,25,26)(H,22,23,24). The predicted molar refractivity (Wildman–Crippen MR) is 105 cm³/mol. The summed E-state index contributed by atoms with van der Waals surface area (Å²) in [6, 6.07) is 11.3. The van der Waals surface area contributed by atoms with Crippen molar-refractivity contribution in [3.8, 4) is 0 Å². The van der Waals surface area contributed by atoms with E-state index in [1.54, 1.807) is 12.1 Å². The van der Waals surface area contributed by atoms with Crippen molar-refractivity contribution in [3.63, 3.8) is 0 Å². The number of benzene rings is 2. The van der Waals surface area contributed by atoms with Crippen LogP contribution >= 0.6 is 11.6 Å². The van der Waals surface area contributed by atoms with E-state index in [1.807, 2.05) is 45.0 Å². The van der Waals surface area contributed by atoms with Gasteiger partial charge in [0.25, 0.3) is 5.91 Å². The average Bonchev–Trinajstić information content (AvgIpc) is 2.58. The number of nitrogens with zero attached hydrogens (tertiary/aromatic N) is 2. The quantitative estimate of drug-likeness (QED) is 0.678. The molecule has 0 saturated carbocycles. The van der Waals surface area contributed by atoms with Gasteiger partial charge in [0.05, 0.1) is 5.56 Å². The number of amides is 1. The summed E-state index contributed by atoms with van der Waals surface area (Å²) in [5.74, 6) is 0.154. The molecule has 5 nitrogen and oxygen atoms in total. The molecule has 2 N–H and O–H groups in total. The van der Waals surface area contributed by atoms with Crippen LogP contribution in [0.3, 0.4) is 0 Å². The van der Waals surface area contributed by atoms with Crippen LogP contribution in [0, 0.1) is 20.8 Å². The number of rotatable bonds is 4. The maximum absolute atomic E-state index is 12.5. The maximum Gasteiger partial charge on any atom is 0.258 e. The molecular formula is C20H19ClN4O. The lowest BCUT2D eigenvalue weighted by Gasteiger charge is -2.13. The van der Waals surface area contributed by atoms with Gasteiger partial charge < -0.3 is 10.6 Å².